The van der Waals surface area contributed by atoms with Crippen LogP contribution in [-0.2, 0) is 0 Å². The van der Waals surface area contributed by atoms with E-state index in [4.69, 9.17) is 18.2 Å². The molecule has 12 rings (SSSR count). The van der Waals surface area contributed by atoms with Gasteiger partial charge in [-0.25, -0.2) is 4.98 Å². The Hall–Kier alpha value is -7.37. The number of furan rings is 2. The molecule has 0 amide bonds. The zero-order chi connectivity index (χ0) is 35.3. The predicted molar refractivity (Wildman–Crippen MR) is 221 cm³/mol. The minimum atomic E-state index is 0.623. The Morgan fingerprint density at radius 2 is 0.907 bits per heavy atom. The Balaban J connectivity index is 1.10. The third kappa shape index (κ3) is 4.30. The quantitative estimate of drug-likeness (QED) is 0.172. The van der Waals surface area contributed by atoms with Crippen molar-refractivity contribution in [3.63, 3.8) is 0 Å². The highest BCUT2D eigenvalue weighted by atomic mass is 16.3. The number of rotatable bonds is 4. The van der Waals surface area contributed by atoms with Crippen molar-refractivity contribution in [2.24, 2.45) is 0 Å². The number of benzene rings is 9. The minimum absolute atomic E-state index is 0.623. The molecule has 0 saturated heterocycles. The van der Waals surface area contributed by atoms with Crippen LogP contribution in [0.2, 0.25) is 0 Å². The van der Waals surface area contributed by atoms with E-state index in [-0.39, 0.29) is 0 Å². The average Bonchev–Trinajstić information content (AvgIpc) is 3.94. The van der Waals surface area contributed by atoms with E-state index in [1.54, 1.807) is 0 Å². The molecule has 0 bridgehead atoms. The van der Waals surface area contributed by atoms with Crippen LogP contribution in [-0.4, -0.2) is 4.98 Å². The van der Waals surface area contributed by atoms with Crippen molar-refractivity contribution in [1.29, 1.82) is 0 Å². The van der Waals surface area contributed by atoms with Gasteiger partial charge in [-0.15, -0.1) is 0 Å². The molecular formula is C49H28N2O3. The molecule has 252 valence electrons. The fourth-order valence-corrected chi connectivity index (χ4v) is 8.33. The lowest BCUT2D eigenvalue weighted by molar-refractivity contribution is 0.623. The summed E-state index contributed by atoms with van der Waals surface area (Å²) in [5, 5.41) is 11.1. The van der Waals surface area contributed by atoms with Crippen LogP contribution < -0.4 is 4.90 Å². The van der Waals surface area contributed by atoms with Gasteiger partial charge in [0.25, 0.3) is 0 Å². The Morgan fingerprint density at radius 1 is 0.370 bits per heavy atom. The van der Waals surface area contributed by atoms with Crippen LogP contribution in [0.1, 0.15) is 0 Å². The first-order valence-corrected chi connectivity index (χ1v) is 18.1. The summed E-state index contributed by atoms with van der Waals surface area (Å²) in [6.07, 6.45) is 0. The number of aromatic nitrogens is 1. The summed E-state index contributed by atoms with van der Waals surface area (Å²) in [5.41, 5.74) is 9.19. The van der Waals surface area contributed by atoms with Gasteiger partial charge in [0.05, 0.1) is 0 Å². The van der Waals surface area contributed by atoms with E-state index in [1.807, 2.05) is 54.6 Å². The van der Waals surface area contributed by atoms with E-state index in [0.29, 0.717) is 5.89 Å². The van der Waals surface area contributed by atoms with E-state index < -0.39 is 0 Å². The number of anilines is 3. The van der Waals surface area contributed by atoms with Gasteiger partial charge in [0.2, 0.25) is 5.89 Å². The van der Waals surface area contributed by atoms with E-state index >= 15 is 0 Å². The molecule has 54 heavy (non-hydrogen) atoms. The van der Waals surface area contributed by atoms with Gasteiger partial charge in [-0.1, -0.05) is 91.0 Å². The standard InChI is InChI=1S/C49H28N2O3/c1-2-8-31(9-3-1)49-50-41-23-18-30-15-14-29-16-17-32-26-33(19-22-36(32)46(29)47(30)48(41)54-49)51(34-20-24-44-39(27-34)37-10-4-6-12-42(37)52-44)35-21-25-45-40(28-35)38-11-5-7-13-43(38)53-45/h1-28H. The van der Waals surface area contributed by atoms with Crippen molar-refractivity contribution >= 4 is 104 Å². The first kappa shape index (κ1) is 29.2. The topological polar surface area (TPSA) is 55.6 Å². The molecule has 3 aromatic heterocycles. The Labute approximate surface area is 307 Å². The summed E-state index contributed by atoms with van der Waals surface area (Å²) in [6.45, 7) is 0. The Morgan fingerprint density at radius 3 is 1.59 bits per heavy atom. The molecule has 0 unspecified atom stereocenters. The lowest BCUT2D eigenvalue weighted by atomic mass is 9.95. The fraction of sp³-hybridized carbons (Fsp3) is 0. The third-order valence-electron chi connectivity index (χ3n) is 10.8. The van der Waals surface area contributed by atoms with E-state index in [9.17, 15) is 0 Å². The highest BCUT2D eigenvalue weighted by molar-refractivity contribution is 6.26. The summed E-state index contributed by atoms with van der Waals surface area (Å²) in [5.74, 6) is 0.623. The van der Waals surface area contributed by atoms with Gasteiger partial charge >= 0.3 is 0 Å². The van der Waals surface area contributed by atoms with Gasteiger partial charge in [0.1, 0.15) is 27.8 Å². The normalized spacial score (nSPS) is 12.1. The Bertz CT molecular complexity index is 3350. The van der Waals surface area contributed by atoms with Crippen molar-refractivity contribution in [3.05, 3.63) is 170 Å². The number of hydrogen-bond donors (Lipinski definition) is 0. The monoisotopic (exact) mass is 692 g/mol. The lowest BCUT2D eigenvalue weighted by Crippen LogP contribution is -2.09. The van der Waals surface area contributed by atoms with Crippen molar-refractivity contribution in [2.45, 2.75) is 0 Å². The van der Waals surface area contributed by atoms with Crippen molar-refractivity contribution in [2.75, 3.05) is 4.90 Å². The van der Waals surface area contributed by atoms with Crippen molar-refractivity contribution in [1.82, 2.24) is 4.98 Å². The molecule has 0 radical (unpaired) electrons. The van der Waals surface area contributed by atoms with E-state index in [0.717, 1.165) is 110 Å². The van der Waals surface area contributed by atoms with Gasteiger partial charge < -0.3 is 18.2 Å². The highest BCUT2D eigenvalue weighted by Crippen LogP contribution is 2.44. The summed E-state index contributed by atoms with van der Waals surface area (Å²) in [7, 11) is 0. The molecule has 3 heterocycles. The maximum absolute atomic E-state index is 6.59. The molecule has 0 spiro atoms. The third-order valence-corrected chi connectivity index (χ3v) is 10.8. The first-order chi connectivity index (χ1) is 26.7. The number of hydrogen-bond acceptors (Lipinski definition) is 5. The molecule has 0 atom stereocenters. The number of nitrogens with zero attached hydrogens (tertiary/aromatic N) is 2. The molecule has 5 heteroatoms. The fourth-order valence-electron chi connectivity index (χ4n) is 8.33. The molecule has 0 saturated carbocycles. The molecule has 9 aromatic carbocycles. The largest absolute Gasteiger partial charge is 0.456 e. The van der Waals surface area contributed by atoms with Gasteiger partial charge in [-0.2, -0.15) is 0 Å². The first-order valence-electron chi connectivity index (χ1n) is 18.1. The van der Waals surface area contributed by atoms with Crippen LogP contribution in [0.25, 0.3) is 98.7 Å². The molecule has 0 aliphatic heterocycles. The average molecular weight is 693 g/mol. The Kier molecular flexibility index (Phi) is 5.99. The highest BCUT2D eigenvalue weighted by Gasteiger charge is 2.20. The number of para-hydroxylation sites is 2. The van der Waals surface area contributed by atoms with Crippen LogP contribution in [0.5, 0.6) is 0 Å². The van der Waals surface area contributed by atoms with Crippen LogP contribution in [0.4, 0.5) is 17.1 Å². The second-order valence-electron chi connectivity index (χ2n) is 13.9. The second-order valence-corrected chi connectivity index (χ2v) is 13.9. The summed E-state index contributed by atoms with van der Waals surface area (Å²) in [4.78, 5) is 7.24. The maximum Gasteiger partial charge on any atom is 0.227 e. The van der Waals surface area contributed by atoms with E-state index in [1.165, 1.54) is 0 Å². The zero-order valence-corrected chi connectivity index (χ0v) is 28.8. The molecule has 0 aliphatic carbocycles. The molecule has 12 aromatic rings. The maximum atomic E-state index is 6.59. The van der Waals surface area contributed by atoms with E-state index in [2.05, 4.69) is 120 Å². The summed E-state index contributed by atoms with van der Waals surface area (Å²) in [6, 6.07) is 59.3. The smallest absolute Gasteiger partial charge is 0.227 e. The molecular weight excluding hydrogens is 665 g/mol. The summed E-state index contributed by atoms with van der Waals surface area (Å²) >= 11 is 0. The van der Waals surface area contributed by atoms with Crippen LogP contribution in [0.3, 0.4) is 0 Å². The van der Waals surface area contributed by atoms with Gasteiger partial charge in [0, 0.05) is 54.9 Å². The lowest BCUT2D eigenvalue weighted by Gasteiger charge is -2.26. The molecule has 0 fully saturated rings. The second kappa shape index (κ2) is 11.1. The van der Waals surface area contributed by atoms with Gasteiger partial charge in [-0.05, 0) is 100 Å². The zero-order valence-electron chi connectivity index (χ0n) is 28.8. The number of oxazole rings is 1. The van der Waals surface area contributed by atoms with Gasteiger partial charge in [-0.3, -0.25) is 0 Å². The number of fused-ring (bicyclic) bond motifs is 13. The molecule has 0 N–H and O–H groups in total. The van der Waals surface area contributed by atoms with Crippen molar-refractivity contribution < 1.29 is 13.3 Å². The minimum Gasteiger partial charge on any atom is -0.456 e. The SMILES string of the molecule is c1ccc(-c2nc3ccc4ccc5ccc6cc(N(c7ccc8oc9ccccc9c8c7)c7ccc8oc9ccccc9c8c7)ccc6c5c4c3o2)cc1. The van der Waals surface area contributed by atoms with Crippen LogP contribution >= 0.6 is 0 Å². The molecule has 0 aliphatic rings. The predicted octanol–water partition coefficient (Wildman–Crippen LogP) is 14.2. The van der Waals surface area contributed by atoms with Crippen LogP contribution in [0, 0.1) is 0 Å². The summed E-state index contributed by atoms with van der Waals surface area (Å²) < 4.78 is 19.1. The van der Waals surface area contributed by atoms with Gasteiger partial charge in [0.15, 0.2) is 5.58 Å². The van der Waals surface area contributed by atoms with Crippen molar-refractivity contribution in [3.8, 4) is 11.5 Å². The van der Waals surface area contributed by atoms with Crippen LogP contribution in [0.15, 0.2) is 183 Å². The molecule has 5 nitrogen and oxygen atoms in total.